The van der Waals surface area contributed by atoms with Crippen LogP contribution in [0.3, 0.4) is 0 Å². The minimum Gasteiger partial charge on any atom is -0.337 e. The number of hydrogen-bond acceptors (Lipinski definition) is 3. The van der Waals surface area contributed by atoms with Crippen LogP contribution >= 0.6 is 11.6 Å². The third-order valence-electron chi connectivity index (χ3n) is 4.18. The molecule has 0 aliphatic heterocycles. The van der Waals surface area contributed by atoms with Gasteiger partial charge in [-0.3, -0.25) is 9.48 Å². The monoisotopic (exact) mass is 371 g/mol. The molecular weight excluding hydrogens is 350 g/mol. The summed E-state index contributed by atoms with van der Waals surface area (Å²) in [6.07, 6.45) is 5.32. The van der Waals surface area contributed by atoms with E-state index in [2.05, 4.69) is 24.0 Å². The number of amides is 1. The van der Waals surface area contributed by atoms with E-state index in [0.29, 0.717) is 17.1 Å². The Balaban J connectivity index is 1.91. The summed E-state index contributed by atoms with van der Waals surface area (Å²) in [5.74, 6) is 0.0803. The lowest BCUT2D eigenvalue weighted by Gasteiger charge is -2.18. The van der Waals surface area contributed by atoms with Crippen LogP contribution in [0.25, 0.3) is 5.69 Å². The zero-order chi connectivity index (χ0) is 18.8. The Morgan fingerprint density at radius 1 is 1.19 bits per heavy atom. The van der Waals surface area contributed by atoms with Crippen molar-refractivity contribution in [3.63, 3.8) is 0 Å². The molecule has 1 amide bonds. The number of hydrogen-bond donors (Lipinski definition) is 0. The molecule has 0 bridgehead atoms. The van der Waals surface area contributed by atoms with Gasteiger partial charge in [0, 0.05) is 37.4 Å². The molecule has 0 unspecified atom stereocenters. The van der Waals surface area contributed by atoms with E-state index in [4.69, 9.17) is 11.6 Å². The second-order valence-electron chi connectivity index (χ2n) is 6.67. The van der Waals surface area contributed by atoms with Gasteiger partial charge in [0.05, 0.1) is 29.3 Å². The number of halogens is 1. The molecule has 26 heavy (non-hydrogen) atoms. The molecule has 3 rings (SSSR count). The number of carbonyl (C=O) groups is 1. The summed E-state index contributed by atoms with van der Waals surface area (Å²) in [4.78, 5) is 14.7. The van der Waals surface area contributed by atoms with Crippen molar-refractivity contribution >= 4 is 17.5 Å². The van der Waals surface area contributed by atoms with E-state index in [1.165, 1.54) is 0 Å². The van der Waals surface area contributed by atoms with Crippen molar-refractivity contribution in [1.29, 1.82) is 0 Å². The summed E-state index contributed by atoms with van der Waals surface area (Å²) in [6, 6.07) is 7.43. The predicted octanol–water partition coefficient (Wildman–Crippen LogP) is 3.65. The lowest BCUT2D eigenvalue weighted by molar-refractivity contribution is 0.0783. The molecule has 6 nitrogen and oxygen atoms in total. The van der Waals surface area contributed by atoms with E-state index in [9.17, 15) is 4.79 Å². The van der Waals surface area contributed by atoms with E-state index < -0.39 is 0 Å². The molecule has 0 saturated heterocycles. The van der Waals surface area contributed by atoms with Crippen LogP contribution in [-0.4, -0.2) is 37.4 Å². The minimum atomic E-state index is -0.0576. The molecule has 1 aromatic carbocycles. The highest BCUT2D eigenvalue weighted by atomic mass is 35.5. The fraction of sp³-hybridized carbons (Fsp3) is 0.316. The average Bonchev–Trinajstić information content (AvgIpc) is 3.21. The molecule has 3 aromatic rings. The first-order valence-corrected chi connectivity index (χ1v) is 8.81. The van der Waals surface area contributed by atoms with Gasteiger partial charge in [-0.25, -0.2) is 4.68 Å². The number of aromatic nitrogens is 4. The lowest BCUT2D eigenvalue weighted by Crippen LogP contribution is -2.27. The van der Waals surface area contributed by atoms with Crippen molar-refractivity contribution in [2.45, 2.75) is 26.3 Å². The minimum absolute atomic E-state index is 0.0576. The van der Waals surface area contributed by atoms with Crippen LogP contribution in [0, 0.1) is 0 Å². The Morgan fingerprint density at radius 2 is 1.88 bits per heavy atom. The van der Waals surface area contributed by atoms with Crippen LogP contribution in [0.5, 0.6) is 0 Å². The Hall–Kier alpha value is -2.60. The number of benzene rings is 1. The van der Waals surface area contributed by atoms with Gasteiger partial charge < -0.3 is 4.90 Å². The molecule has 0 N–H and O–H groups in total. The van der Waals surface area contributed by atoms with E-state index in [-0.39, 0.29) is 11.8 Å². The third kappa shape index (κ3) is 3.65. The molecule has 7 heteroatoms. The fourth-order valence-electron chi connectivity index (χ4n) is 2.97. The number of aryl methyl sites for hydroxylation is 1. The van der Waals surface area contributed by atoms with E-state index >= 15 is 0 Å². The van der Waals surface area contributed by atoms with E-state index in [0.717, 1.165) is 16.9 Å². The van der Waals surface area contributed by atoms with Crippen molar-refractivity contribution in [3.8, 4) is 5.69 Å². The van der Waals surface area contributed by atoms with Crippen LogP contribution in [0.2, 0.25) is 5.02 Å². The van der Waals surface area contributed by atoms with Gasteiger partial charge in [-0.2, -0.15) is 10.2 Å². The van der Waals surface area contributed by atoms with Gasteiger partial charge in [-0.1, -0.05) is 25.4 Å². The van der Waals surface area contributed by atoms with Gasteiger partial charge in [0.25, 0.3) is 5.91 Å². The number of nitrogens with zero attached hydrogens (tertiary/aromatic N) is 5. The van der Waals surface area contributed by atoms with Gasteiger partial charge in [0.15, 0.2) is 0 Å². The van der Waals surface area contributed by atoms with E-state index in [1.54, 1.807) is 29.0 Å². The normalized spacial score (nSPS) is 11.2. The molecule has 0 atom stereocenters. The van der Waals surface area contributed by atoms with Crippen LogP contribution in [0.4, 0.5) is 0 Å². The average molecular weight is 372 g/mol. The smallest absolute Gasteiger partial charge is 0.257 e. The highest BCUT2D eigenvalue weighted by Gasteiger charge is 2.23. The summed E-state index contributed by atoms with van der Waals surface area (Å²) in [5, 5.41) is 9.28. The van der Waals surface area contributed by atoms with Gasteiger partial charge in [-0.15, -0.1) is 0 Å². The second-order valence-corrected chi connectivity index (χ2v) is 7.11. The van der Waals surface area contributed by atoms with Gasteiger partial charge in [0.2, 0.25) is 0 Å². The summed E-state index contributed by atoms with van der Waals surface area (Å²) in [6.45, 7) is 4.61. The summed E-state index contributed by atoms with van der Waals surface area (Å²) in [5.41, 5.74) is 3.36. The quantitative estimate of drug-likeness (QED) is 0.687. The maximum atomic E-state index is 13.0. The molecule has 0 radical (unpaired) electrons. The molecule has 2 aromatic heterocycles. The van der Waals surface area contributed by atoms with Crippen LogP contribution in [-0.2, 0) is 13.6 Å². The van der Waals surface area contributed by atoms with Crippen molar-refractivity contribution < 1.29 is 4.79 Å². The van der Waals surface area contributed by atoms with Crippen LogP contribution < -0.4 is 0 Å². The molecule has 0 fully saturated rings. The third-order valence-corrected chi connectivity index (χ3v) is 4.43. The Morgan fingerprint density at radius 3 is 2.46 bits per heavy atom. The van der Waals surface area contributed by atoms with Crippen molar-refractivity contribution in [2.75, 3.05) is 7.05 Å². The molecule has 0 aliphatic carbocycles. The summed E-state index contributed by atoms with van der Waals surface area (Å²) >= 11 is 5.98. The number of carbonyl (C=O) groups excluding carboxylic acids is 1. The Labute approximate surface area is 158 Å². The SMILES string of the molecule is CC(C)c1c(C(=O)N(C)Cc2cnn(C)c2)cnn1-c1ccc(Cl)cc1. The van der Waals surface area contributed by atoms with Crippen molar-refractivity contribution in [1.82, 2.24) is 24.5 Å². The van der Waals surface area contributed by atoms with Crippen molar-refractivity contribution in [3.05, 3.63) is 64.7 Å². The first kappa shape index (κ1) is 18.2. The molecule has 136 valence electrons. The van der Waals surface area contributed by atoms with Gasteiger partial charge in [0.1, 0.15) is 0 Å². The molecule has 2 heterocycles. The topological polar surface area (TPSA) is 56.0 Å². The van der Waals surface area contributed by atoms with Crippen molar-refractivity contribution in [2.24, 2.45) is 7.05 Å². The summed E-state index contributed by atoms with van der Waals surface area (Å²) < 4.78 is 3.54. The highest BCUT2D eigenvalue weighted by Crippen LogP contribution is 2.25. The first-order valence-electron chi connectivity index (χ1n) is 8.43. The molecule has 0 aliphatic rings. The fourth-order valence-corrected chi connectivity index (χ4v) is 3.10. The zero-order valence-corrected chi connectivity index (χ0v) is 16.1. The first-order chi connectivity index (χ1) is 12.4. The van der Waals surface area contributed by atoms with Crippen LogP contribution in [0.1, 0.15) is 41.4 Å². The highest BCUT2D eigenvalue weighted by molar-refractivity contribution is 6.30. The van der Waals surface area contributed by atoms with Crippen LogP contribution in [0.15, 0.2) is 42.9 Å². The summed E-state index contributed by atoms with van der Waals surface area (Å²) in [7, 11) is 3.65. The second kappa shape index (κ2) is 7.33. The molecule has 0 spiro atoms. The van der Waals surface area contributed by atoms with E-state index in [1.807, 2.05) is 42.2 Å². The zero-order valence-electron chi connectivity index (χ0n) is 15.3. The Bertz CT molecular complexity index is 910. The maximum absolute atomic E-state index is 13.0. The number of rotatable bonds is 5. The largest absolute Gasteiger partial charge is 0.337 e. The predicted molar refractivity (Wildman–Crippen MR) is 102 cm³/mol. The maximum Gasteiger partial charge on any atom is 0.257 e. The molecule has 0 saturated carbocycles. The van der Waals surface area contributed by atoms with Gasteiger partial charge >= 0.3 is 0 Å². The molecular formula is C19H22ClN5O. The standard InChI is InChI=1S/C19H22ClN5O/c1-13(2)18-17(10-22-25(18)16-7-5-15(20)6-8-16)19(26)23(3)11-14-9-21-24(4)12-14/h5-10,12-13H,11H2,1-4H3. The van der Waals surface area contributed by atoms with Gasteiger partial charge in [-0.05, 0) is 30.2 Å². The Kier molecular flexibility index (Phi) is 5.13. The lowest BCUT2D eigenvalue weighted by atomic mass is 10.0.